The number of nitrogens with one attached hydrogen (secondary N) is 2. The largest absolute Gasteiger partial charge is 0.358 e. The molecule has 1 fully saturated rings. The van der Waals surface area contributed by atoms with Crippen molar-refractivity contribution in [2.24, 2.45) is 0 Å². The minimum Gasteiger partial charge on any atom is -0.358 e. The van der Waals surface area contributed by atoms with Crippen molar-refractivity contribution >= 4 is 5.91 Å². The number of rotatable bonds is 7. The monoisotopic (exact) mass is 289 g/mol. The zero-order valence-electron chi connectivity index (χ0n) is 13.0. The summed E-state index contributed by atoms with van der Waals surface area (Å²) in [4.78, 5) is 13.6. The Balaban J connectivity index is 1.56. The highest BCUT2D eigenvalue weighted by molar-refractivity contribution is 5.77. The van der Waals surface area contributed by atoms with Crippen LogP contribution < -0.4 is 10.6 Å². The second-order valence-electron chi connectivity index (χ2n) is 5.77. The van der Waals surface area contributed by atoms with Crippen molar-refractivity contribution in [3.63, 3.8) is 0 Å². The van der Waals surface area contributed by atoms with Gasteiger partial charge in [-0.1, -0.05) is 30.3 Å². The van der Waals surface area contributed by atoms with E-state index in [1.54, 1.807) is 7.05 Å². The van der Waals surface area contributed by atoms with Crippen molar-refractivity contribution in [2.75, 3.05) is 33.2 Å². The van der Waals surface area contributed by atoms with Crippen LogP contribution in [0.25, 0.3) is 0 Å². The van der Waals surface area contributed by atoms with Crippen LogP contribution in [0.3, 0.4) is 0 Å². The smallest absolute Gasteiger partial charge is 0.233 e. The summed E-state index contributed by atoms with van der Waals surface area (Å²) in [6.07, 6.45) is 4.61. The van der Waals surface area contributed by atoms with Gasteiger partial charge in [0, 0.05) is 26.2 Å². The van der Waals surface area contributed by atoms with E-state index in [0.29, 0.717) is 12.6 Å². The van der Waals surface area contributed by atoms with Gasteiger partial charge in [-0.15, -0.1) is 0 Å². The summed E-state index contributed by atoms with van der Waals surface area (Å²) in [6.45, 7) is 3.65. The number of nitrogens with zero attached hydrogens (tertiary/aromatic N) is 1. The molecule has 0 atom stereocenters. The van der Waals surface area contributed by atoms with Crippen LogP contribution in [-0.4, -0.2) is 50.1 Å². The minimum atomic E-state index is 0.115. The first-order chi connectivity index (χ1) is 10.3. The van der Waals surface area contributed by atoms with Gasteiger partial charge in [0.25, 0.3) is 0 Å². The van der Waals surface area contributed by atoms with Gasteiger partial charge in [0.1, 0.15) is 0 Å². The van der Waals surface area contributed by atoms with Gasteiger partial charge in [0.2, 0.25) is 5.91 Å². The van der Waals surface area contributed by atoms with Crippen molar-refractivity contribution in [3.05, 3.63) is 35.9 Å². The highest BCUT2D eigenvalue weighted by Crippen LogP contribution is 2.10. The summed E-state index contributed by atoms with van der Waals surface area (Å²) >= 11 is 0. The molecular weight excluding hydrogens is 262 g/mol. The van der Waals surface area contributed by atoms with E-state index in [0.717, 1.165) is 38.9 Å². The second kappa shape index (κ2) is 8.80. The molecule has 116 valence electrons. The standard InChI is InChI=1S/C17H27N3O/c1-18-17(21)14-20-12-9-16(10-13-20)19-11-5-8-15-6-3-2-4-7-15/h2-4,6-7,16,19H,5,8-14H2,1H3,(H,18,21). The average molecular weight is 289 g/mol. The molecule has 4 nitrogen and oxygen atoms in total. The number of benzene rings is 1. The fraction of sp³-hybridized carbons (Fsp3) is 0.588. The van der Waals surface area contributed by atoms with E-state index in [1.165, 1.54) is 12.0 Å². The lowest BCUT2D eigenvalue weighted by molar-refractivity contribution is -0.122. The lowest BCUT2D eigenvalue weighted by atomic mass is 10.0. The number of likely N-dealkylation sites (N-methyl/N-ethyl adjacent to an activating group) is 1. The Morgan fingerprint density at radius 3 is 2.62 bits per heavy atom. The van der Waals surface area contributed by atoms with E-state index in [-0.39, 0.29) is 5.91 Å². The van der Waals surface area contributed by atoms with Crippen LogP contribution in [0.5, 0.6) is 0 Å². The third-order valence-electron chi connectivity index (χ3n) is 4.15. The number of carbonyl (C=O) groups is 1. The van der Waals surface area contributed by atoms with Crippen LogP contribution in [0.15, 0.2) is 30.3 Å². The van der Waals surface area contributed by atoms with Gasteiger partial charge in [-0.25, -0.2) is 0 Å². The van der Waals surface area contributed by atoms with Crippen LogP contribution in [-0.2, 0) is 11.2 Å². The molecule has 1 aliphatic rings. The average Bonchev–Trinajstić information content (AvgIpc) is 2.54. The number of likely N-dealkylation sites (tertiary alicyclic amines) is 1. The molecular formula is C17H27N3O. The van der Waals surface area contributed by atoms with Gasteiger partial charge in [-0.2, -0.15) is 0 Å². The molecule has 1 aromatic rings. The molecule has 0 saturated carbocycles. The topological polar surface area (TPSA) is 44.4 Å². The van der Waals surface area contributed by atoms with Crippen molar-refractivity contribution in [2.45, 2.75) is 31.7 Å². The Kier molecular flexibility index (Phi) is 6.70. The summed E-state index contributed by atoms with van der Waals surface area (Å²) < 4.78 is 0. The summed E-state index contributed by atoms with van der Waals surface area (Å²) in [6, 6.07) is 11.3. The van der Waals surface area contributed by atoms with Gasteiger partial charge < -0.3 is 10.6 Å². The summed E-state index contributed by atoms with van der Waals surface area (Å²) in [7, 11) is 1.70. The highest BCUT2D eigenvalue weighted by Gasteiger charge is 2.19. The fourth-order valence-corrected chi connectivity index (χ4v) is 2.82. The lowest BCUT2D eigenvalue weighted by Crippen LogP contribution is -2.45. The zero-order valence-corrected chi connectivity index (χ0v) is 13.0. The molecule has 1 saturated heterocycles. The molecule has 1 amide bonds. The Bertz CT molecular complexity index is 413. The summed E-state index contributed by atoms with van der Waals surface area (Å²) in [5.41, 5.74) is 1.42. The van der Waals surface area contributed by atoms with Crippen molar-refractivity contribution in [1.82, 2.24) is 15.5 Å². The molecule has 4 heteroatoms. The molecule has 0 aliphatic carbocycles. The Labute approximate surface area is 127 Å². The zero-order chi connectivity index (χ0) is 14.9. The first-order valence-electron chi connectivity index (χ1n) is 7.98. The van der Waals surface area contributed by atoms with E-state index < -0.39 is 0 Å². The lowest BCUT2D eigenvalue weighted by Gasteiger charge is -2.31. The van der Waals surface area contributed by atoms with Crippen molar-refractivity contribution in [1.29, 1.82) is 0 Å². The SMILES string of the molecule is CNC(=O)CN1CCC(NCCCc2ccccc2)CC1. The van der Waals surface area contributed by atoms with E-state index >= 15 is 0 Å². The Morgan fingerprint density at radius 2 is 1.95 bits per heavy atom. The van der Waals surface area contributed by atoms with Gasteiger partial charge >= 0.3 is 0 Å². The maximum Gasteiger partial charge on any atom is 0.233 e. The number of piperidine rings is 1. The number of amides is 1. The molecule has 2 N–H and O–H groups in total. The predicted molar refractivity (Wildman–Crippen MR) is 86.3 cm³/mol. The van der Waals surface area contributed by atoms with Gasteiger partial charge in [-0.05, 0) is 37.8 Å². The van der Waals surface area contributed by atoms with E-state index in [2.05, 4.69) is 45.9 Å². The van der Waals surface area contributed by atoms with Crippen LogP contribution >= 0.6 is 0 Å². The van der Waals surface area contributed by atoms with E-state index in [4.69, 9.17) is 0 Å². The second-order valence-corrected chi connectivity index (χ2v) is 5.77. The molecule has 1 heterocycles. The molecule has 0 spiro atoms. The van der Waals surface area contributed by atoms with Crippen molar-refractivity contribution < 1.29 is 4.79 Å². The molecule has 1 aliphatic heterocycles. The normalized spacial score (nSPS) is 16.8. The number of aryl methyl sites for hydroxylation is 1. The molecule has 0 aromatic heterocycles. The van der Waals surface area contributed by atoms with Crippen LogP contribution in [0, 0.1) is 0 Å². The Morgan fingerprint density at radius 1 is 1.24 bits per heavy atom. The maximum absolute atomic E-state index is 11.3. The van der Waals surface area contributed by atoms with Crippen molar-refractivity contribution in [3.8, 4) is 0 Å². The number of carbonyl (C=O) groups excluding carboxylic acids is 1. The summed E-state index contributed by atoms with van der Waals surface area (Å²) in [5.74, 6) is 0.115. The fourth-order valence-electron chi connectivity index (χ4n) is 2.82. The number of hydrogen-bond acceptors (Lipinski definition) is 3. The molecule has 2 rings (SSSR count). The Hall–Kier alpha value is -1.39. The van der Waals surface area contributed by atoms with E-state index in [9.17, 15) is 4.79 Å². The van der Waals surface area contributed by atoms with Crippen LogP contribution in [0.4, 0.5) is 0 Å². The van der Waals surface area contributed by atoms with Crippen LogP contribution in [0.2, 0.25) is 0 Å². The quantitative estimate of drug-likeness (QED) is 0.746. The van der Waals surface area contributed by atoms with Crippen LogP contribution in [0.1, 0.15) is 24.8 Å². The summed E-state index contributed by atoms with van der Waals surface area (Å²) in [5, 5.41) is 6.34. The first kappa shape index (κ1) is 16.0. The first-order valence-corrected chi connectivity index (χ1v) is 7.98. The van der Waals surface area contributed by atoms with Gasteiger partial charge in [-0.3, -0.25) is 9.69 Å². The molecule has 0 bridgehead atoms. The van der Waals surface area contributed by atoms with Gasteiger partial charge in [0.05, 0.1) is 6.54 Å². The van der Waals surface area contributed by atoms with E-state index in [1.807, 2.05) is 0 Å². The third kappa shape index (κ3) is 5.86. The number of hydrogen-bond donors (Lipinski definition) is 2. The molecule has 1 aromatic carbocycles. The predicted octanol–water partition coefficient (Wildman–Crippen LogP) is 1.42. The van der Waals surface area contributed by atoms with Gasteiger partial charge in [0.15, 0.2) is 0 Å². The minimum absolute atomic E-state index is 0.115. The molecule has 0 radical (unpaired) electrons. The maximum atomic E-state index is 11.3. The highest BCUT2D eigenvalue weighted by atomic mass is 16.1. The molecule has 0 unspecified atom stereocenters. The third-order valence-corrected chi connectivity index (χ3v) is 4.15. The molecule has 21 heavy (non-hydrogen) atoms.